The Morgan fingerprint density at radius 2 is 1.78 bits per heavy atom. The third kappa shape index (κ3) is 8.51. The van der Waals surface area contributed by atoms with Crippen LogP contribution in [0.15, 0.2) is 0 Å². The average Bonchev–Trinajstić information content (AvgIpc) is 2.84. The molecule has 1 heterocycles. The molecule has 23 heavy (non-hydrogen) atoms. The molecule has 1 fully saturated rings. The Kier molecular flexibility index (Phi) is 8.57. The first-order valence-corrected chi connectivity index (χ1v) is 8.02. The van der Waals surface area contributed by atoms with Crippen LogP contribution in [0.1, 0.15) is 25.7 Å². The van der Waals surface area contributed by atoms with Gasteiger partial charge in [-0.2, -0.15) is 0 Å². The number of amides is 2. The molecule has 0 spiro atoms. The first-order valence-electron chi connectivity index (χ1n) is 8.02. The molecule has 132 valence electrons. The highest BCUT2D eigenvalue weighted by atomic mass is 16.5. The Hall–Kier alpha value is -1.67. The third-order valence-corrected chi connectivity index (χ3v) is 3.76. The van der Waals surface area contributed by atoms with E-state index < -0.39 is 5.97 Å². The summed E-state index contributed by atoms with van der Waals surface area (Å²) in [6.45, 7) is 2.62. The van der Waals surface area contributed by atoms with Crippen LogP contribution in [0, 0.1) is 0 Å². The van der Waals surface area contributed by atoms with E-state index in [4.69, 9.17) is 5.11 Å². The van der Waals surface area contributed by atoms with Crippen molar-refractivity contribution in [3.05, 3.63) is 0 Å². The van der Waals surface area contributed by atoms with Gasteiger partial charge in [0.05, 0.1) is 13.0 Å². The minimum atomic E-state index is -0.948. The number of carbonyl (C=O) groups excluding carboxylic acids is 2. The summed E-state index contributed by atoms with van der Waals surface area (Å²) in [6, 6.07) is 0.412. The lowest BCUT2D eigenvalue weighted by atomic mass is 10.4. The van der Waals surface area contributed by atoms with Gasteiger partial charge in [-0.05, 0) is 33.5 Å². The Balaban J connectivity index is 2.16. The van der Waals surface area contributed by atoms with Crippen LogP contribution < -0.4 is 10.6 Å². The molecular formula is C15H28N4O4. The number of carbonyl (C=O) groups is 3. The first-order chi connectivity index (χ1) is 10.9. The fourth-order valence-corrected chi connectivity index (χ4v) is 2.68. The fraction of sp³-hybridized carbons (Fsp3) is 0.800. The SMILES string of the molecule is [13CH3][15N]([13CH3])[13CH2][13CH]1CCC[15N]1[13CH2]C(=O)NCCC(=O)NC[13CH2][13C](=O)O. The summed E-state index contributed by atoms with van der Waals surface area (Å²) >= 11 is 0. The van der Waals surface area contributed by atoms with Crippen LogP contribution in [0.3, 0.4) is 0 Å². The number of carboxylic acids is 1. The van der Waals surface area contributed by atoms with Crippen molar-refractivity contribution in [1.82, 2.24) is 20.4 Å². The van der Waals surface area contributed by atoms with Gasteiger partial charge in [-0.3, -0.25) is 19.3 Å². The summed E-state index contributed by atoms with van der Waals surface area (Å²) in [5, 5.41) is 13.7. The van der Waals surface area contributed by atoms with Crippen LogP contribution in [-0.2, 0) is 14.4 Å². The van der Waals surface area contributed by atoms with Gasteiger partial charge in [0.25, 0.3) is 0 Å². The van der Waals surface area contributed by atoms with E-state index in [1.54, 1.807) is 0 Å². The largest absolute Gasteiger partial charge is 0.481 e. The zero-order valence-corrected chi connectivity index (χ0v) is 14.0. The minimum absolute atomic E-state index is 0.0750. The van der Waals surface area contributed by atoms with Crippen molar-refractivity contribution >= 4 is 17.8 Å². The van der Waals surface area contributed by atoms with E-state index in [-0.39, 0.29) is 37.7 Å². The Morgan fingerprint density at radius 1 is 1.13 bits per heavy atom. The van der Waals surface area contributed by atoms with Crippen LogP contribution in [0.4, 0.5) is 0 Å². The lowest BCUT2D eigenvalue weighted by Gasteiger charge is -2.26. The molecule has 1 rings (SSSR count). The Morgan fingerprint density at radius 3 is 2.43 bits per heavy atom. The van der Waals surface area contributed by atoms with Crippen molar-refractivity contribution < 1.29 is 19.5 Å². The number of carboxylic acid groups (broad SMARTS) is 1. The molecule has 1 atom stereocenters. The lowest BCUT2D eigenvalue weighted by Crippen LogP contribution is -2.44. The molecule has 0 saturated carbocycles. The molecule has 0 radical (unpaired) electrons. The lowest BCUT2D eigenvalue weighted by molar-refractivity contribution is -0.137. The Labute approximate surface area is 137 Å². The summed E-state index contributed by atoms with van der Waals surface area (Å²) in [5.74, 6) is -1.27. The molecule has 8 nitrogen and oxygen atoms in total. The third-order valence-electron chi connectivity index (χ3n) is 3.76. The van der Waals surface area contributed by atoms with E-state index in [1.165, 1.54) is 0 Å². The van der Waals surface area contributed by atoms with Gasteiger partial charge in [-0.1, -0.05) is 0 Å². The standard InChI is InChI=1S/C15H28N4O4/c1-18(2)10-12-4-3-9-19(12)11-14(21)17-7-5-13(20)16-8-6-15(22)23/h12H,3-11H2,1-2H3,(H,16,20)(H,17,21)(H,22,23)/i1+1,2+1,6+1,10+1,11+1,12+1,15+1,18+1,19+1. The van der Waals surface area contributed by atoms with Gasteiger partial charge >= 0.3 is 5.97 Å². The predicted octanol–water partition coefficient (Wildman–Crippen LogP) is -0.890. The smallest absolute Gasteiger partial charge is 0.305 e. The summed E-state index contributed by atoms with van der Waals surface area (Å²) in [5.41, 5.74) is 0. The van der Waals surface area contributed by atoms with Gasteiger partial charge in [0.15, 0.2) is 0 Å². The van der Waals surface area contributed by atoms with Crippen molar-refractivity contribution in [3.8, 4) is 0 Å². The summed E-state index contributed by atoms with van der Waals surface area (Å²) < 4.78 is 0. The van der Waals surface area contributed by atoms with Crippen LogP contribution in [0.25, 0.3) is 0 Å². The molecule has 0 aromatic heterocycles. The van der Waals surface area contributed by atoms with Crippen molar-refractivity contribution in [2.24, 2.45) is 0 Å². The van der Waals surface area contributed by atoms with Crippen molar-refractivity contribution in [2.45, 2.75) is 31.7 Å². The fourth-order valence-electron chi connectivity index (χ4n) is 2.68. The van der Waals surface area contributed by atoms with Crippen molar-refractivity contribution in [3.63, 3.8) is 0 Å². The van der Waals surface area contributed by atoms with E-state index in [1.807, 2.05) is 14.1 Å². The van der Waals surface area contributed by atoms with E-state index in [9.17, 15) is 14.4 Å². The number of aliphatic carboxylic acids is 1. The number of hydrogen-bond acceptors (Lipinski definition) is 5. The number of likely N-dealkylation sites (N-methyl/N-ethyl adjacent to an activating group) is 1. The van der Waals surface area contributed by atoms with Gasteiger partial charge < -0.3 is 20.6 Å². The second-order valence-electron chi connectivity index (χ2n) is 6.12. The zero-order valence-electron chi connectivity index (χ0n) is 14.0. The highest BCUT2D eigenvalue weighted by Gasteiger charge is 2.26. The number of rotatable bonds is 10. The molecule has 0 aliphatic carbocycles. The summed E-state index contributed by atoms with van der Waals surface area (Å²) in [4.78, 5) is 38.0. The molecule has 1 saturated heterocycles. The van der Waals surface area contributed by atoms with Crippen LogP contribution in [0.2, 0.25) is 0 Å². The first kappa shape index (κ1) is 19.4. The molecule has 1 unspecified atom stereocenters. The average molecular weight is 337 g/mol. The molecule has 2 amide bonds. The molecule has 0 aromatic rings. The van der Waals surface area contributed by atoms with E-state index in [0.717, 1.165) is 25.9 Å². The van der Waals surface area contributed by atoms with Crippen molar-refractivity contribution in [1.29, 1.82) is 0 Å². The van der Waals surface area contributed by atoms with Gasteiger partial charge in [0.2, 0.25) is 11.8 Å². The quantitative estimate of drug-likeness (QED) is 0.353. The maximum Gasteiger partial charge on any atom is 0.305 e. The second kappa shape index (κ2) is 10.2. The van der Waals surface area contributed by atoms with Crippen molar-refractivity contribution in [2.75, 3.05) is 46.8 Å². The van der Waals surface area contributed by atoms with E-state index >= 15 is 0 Å². The predicted molar refractivity (Wildman–Crippen MR) is 86.0 cm³/mol. The molecule has 1 aliphatic heterocycles. The number of likely N-dealkylation sites (tertiary alicyclic amines) is 1. The maximum atomic E-state index is 11.9. The topological polar surface area (TPSA) is 102 Å². The molecule has 0 aromatic carbocycles. The maximum absolute atomic E-state index is 11.9. The van der Waals surface area contributed by atoms with E-state index in [0.29, 0.717) is 12.6 Å². The second-order valence-corrected chi connectivity index (χ2v) is 6.12. The molecule has 8 heteroatoms. The number of nitrogens with zero attached hydrogens (tertiary/aromatic N) is 2. The van der Waals surface area contributed by atoms with E-state index in [2.05, 4.69) is 20.4 Å². The van der Waals surface area contributed by atoms with Crippen LogP contribution in [-0.4, -0.2) is 85.6 Å². The number of hydrogen-bond donors (Lipinski definition) is 3. The monoisotopic (exact) mass is 337 g/mol. The van der Waals surface area contributed by atoms with Crippen LogP contribution >= 0.6 is 0 Å². The molecule has 1 aliphatic rings. The summed E-state index contributed by atoms with van der Waals surface area (Å²) in [7, 11) is 4.05. The normalized spacial score (nSPS) is 18.1. The zero-order chi connectivity index (χ0) is 17.2. The van der Waals surface area contributed by atoms with Gasteiger partial charge in [0.1, 0.15) is 0 Å². The van der Waals surface area contributed by atoms with Crippen LogP contribution in [0.5, 0.6) is 0 Å². The summed E-state index contributed by atoms with van der Waals surface area (Å²) in [6.07, 6.45) is 2.28. The molecule has 3 N–H and O–H groups in total. The Bertz CT molecular complexity index is 414. The highest BCUT2D eigenvalue weighted by Crippen LogP contribution is 2.16. The van der Waals surface area contributed by atoms with Gasteiger partial charge in [-0.15, -0.1) is 0 Å². The highest BCUT2D eigenvalue weighted by molar-refractivity contribution is 5.80. The molecular weight excluding hydrogens is 309 g/mol. The van der Waals surface area contributed by atoms with Gasteiger partial charge in [0, 0.05) is 32.1 Å². The van der Waals surface area contributed by atoms with Gasteiger partial charge in [-0.25, -0.2) is 0 Å². The number of nitrogens with one attached hydrogen (secondary N) is 2. The minimum Gasteiger partial charge on any atom is -0.481 e. The molecule has 0 bridgehead atoms.